The third-order valence-corrected chi connectivity index (χ3v) is 3.15. The summed E-state index contributed by atoms with van der Waals surface area (Å²) in [5.41, 5.74) is 4.25. The standard InChI is InChI=1S/C9H7NO.C9H13N.2C2H6.CH4.B/c11-6-7-5-10-9-4-2-1-3-8(7)9;1-3-10-9-6-4-5-8(2)7-9;2*1-2;;/h1-6,10H;4-7,10H,3H2,1-2H3;2*1-2H3;1H4;. The molecule has 0 aliphatic carbocycles. The molecular formula is C23H36BN2O. The molecule has 2 aromatic carbocycles. The van der Waals surface area contributed by atoms with E-state index in [2.05, 4.69) is 48.4 Å². The number of hydrogen-bond donors (Lipinski definition) is 2. The summed E-state index contributed by atoms with van der Waals surface area (Å²) in [6.07, 6.45) is 2.58. The first kappa shape index (κ1) is 29.3. The molecule has 0 aliphatic heterocycles. The third-order valence-electron chi connectivity index (χ3n) is 3.15. The van der Waals surface area contributed by atoms with E-state index in [1.165, 1.54) is 11.3 Å². The lowest BCUT2D eigenvalue weighted by atomic mass is 10.2. The van der Waals surface area contributed by atoms with Gasteiger partial charge in [0.15, 0.2) is 6.29 Å². The first-order valence-corrected chi connectivity index (χ1v) is 9.06. The number of carbonyl (C=O) groups is 1. The predicted molar refractivity (Wildman–Crippen MR) is 124 cm³/mol. The third kappa shape index (κ3) is 10.3. The minimum Gasteiger partial charge on any atom is -0.385 e. The molecule has 0 aliphatic rings. The summed E-state index contributed by atoms with van der Waals surface area (Å²) in [5.74, 6) is 0. The molecule has 4 heteroatoms. The molecule has 1 aromatic heterocycles. The Bertz CT molecular complexity index is 723. The number of aldehydes is 1. The van der Waals surface area contributed by atoms with Gasteiger partial charge in [-0.15, -0.1) is 0 Å². The zero-order valence-electron chi connectivity index (χ0n) is 17.0. The highest BCUT2D eigenvalue weighted by Crippen LogP contribution is 2.15. The summed E-state index contributed by atoms with van der Waals surface area (Å²) in [5, 5.41) is 4.24. The smallest absolute Gasteiger partial charge is 0.152 e. The van der Waals surface area contributed by atoms with Gasteiger partial charge in [-0.1, -0.05) is 65.5 Å². The SMILES string of the molecule is C.CC.CC.CCNc1cccc(C)c1.O=Cc1c[nH]c2ccccc12.[B]. The second kappa shape index (κ2) is 18.3. The molecule has 0 atom stereocenters. The number of fused-ring (bicyclic) bond motifs is 1. The maximum Gasteiger partial charge on any atom is 0.152 e. The van der Waals surface area contributed by atoms with Crippen LogP contribution in [-0.2, 0) is 0 Å². The average molecular weight is 367 g/mol. The average Bonchev–Trinajstić information content (AvgIpc) is 3.09. The maximum atomic E-state index is 10.5. The van der Waals surface area contributed by atoms with Crippen molar-refractivity contribution in [2.24, 2.45) is 0 Å². The molecule has 3 nitrogen and oxygen atoms in total. The van der Waals surface area contributed by atoms with Gasteiger partial charge < -0.3 is 10.3 Å². The fraction of sp³-hybridized carbons (Fsp3) is 0.348. The number of aromatic amines is 1. The molecule has 3 radical (unpaired) electrons. The number of H-pyrrole nitrogens is 1. The van der Waals surface area contributed by atoms with Gasteiger partial charge >= 0.3 is 0 Å². The van der Waals surface area contributed by atoms with Crippen molar-refractivity contribution >= 4 is 31.3 Å². The van der Waals surface area contributed by atoms with Crippen LogP contribution < -0.4 is 5.32 Å². The van der Waals surface area contributed by atoms with E-state index in [-0.39, 0.29) is 15.8 Å². The van der Waals surface area contributed by atoms with Gasteiger partial charge in [-0.2, -0.15) is 0 Å². The molecular weight excluding hydrogens is 331 g/mol. The van der Waals surface area contributed by atoms with E-state index in [0.29, 0.717) is 0 Å². The van der Waals surface area contributed by atoms with Crippen molar-refractivity contribution in [3.63, 3.8) is 0 Å². The Hall–Kier alpha value is -2.49. The molecule has 0 amide bonds. The molecule has 147 valence electrons. The van der Waals surface area contributed by atoms with Crippen LogP contribution in [0.25, 0.3) is 10.9 Å². The van der Waals surface area contributed by atoms with Gasteiger partial charge in [0.2, 0.25) is 0 Å². The molecule has 0 fully saturated rings. The van der Waals surface area contributed by atoms with Crippen molar-refractivity contribution in [3.8, 4) is 0 Å². The first-order chi connectivity index (χ1) is 12.2. The molecule has 3 aromatic rings. The van der Waals surface area contributed by atoms with Crippen molar-refractivity contribution < 1.29 is 4.79 Å². The number of benzene rings is 2. The molecule has 0 saturated carbocycles. The molecule has 2 N–H and O–H groups in total. The highest BCUT2D eigenvalue weighted by molar-refractivity contribution is 5.96. The van der Waals surface area contributed by atoms with E-state index >= 15 is 0 Å². The second-order valence-electron chi connectivity index (χ2n) is 4.81. The minimum atomic E-state index is 0. The van der Waals surface area contributed by atoms with Crippen LogP contribution in [0.15, 0.2) is 54.7 Å². The summed E-state index contributed by atoms with van der Waals surface area (Å²) in [4.78, 5) is 13.5. The second-order valence-corrected chi connectivity index (χ2v) is 4.81. The van der Waals surface area contributed by atoms with Crippen LogP contribution in [0.1, 0.15) is 58.0 Å². The number of rotatable bonds is 3. The van der Waals surface area contributed by atoms with E-state index in [1.807, 2.05) is 52.0 Å². The number of aromatic nitrogens is 1. The van der Waals surface area contributed by atoms with Crippen LogP contribution in [0.2, 0.25) is 0 Å². The van der Waals surface area contributed by atoms with E-state index in [0.717, 1.165) is 29.3 Å². The molecule has 3 rings (SSSR count). The summed E-state index contributed by atoms with van der Waals surface area (Å²) in [7, 11) is 0. The van der Waals surface area contributed by atoms with Gasteiger partial charge in [0, 0.05) is 43.3 Å². The Balaban J connectivity index is -0.000000340. The van der Waals surface area contributed by atoms with Gasteiger partial charge in [0.1, 0.15) is 0 Å². The quantitative estimate of drug-likeness (QED) is 0.399. The Kier molecular flexibility index (Phi) is 19.9. The van der Waals surface area contributed by atoms with Gasteiger partial charge in [0.25, 0.3) is 0 Å². The first-order valence-electron chi connectivity index (χ1n) is 9.06. The lowest BCUT2D eigenvalue weighted by Crippen LogP contribution is -1.95. The minimum absolute atomic E-state index is 0. The van der Waals surface area contributed by atoms with Crippen LogP contribution in [-0.4, -0.2) is 26.2 Å². The number of nitrogens with one attached hydrogen (secondary N) is 2. The summed E-state index contributed by atoms with van der Waals surface area (Å²) in [6, 6.07) is 16.1. The van der Waals surface area contributed by atoms with E-state index < -0.39 is 0 Å². The van der Waals surface area contributed by atoms with Crippen molar-refractivity contribution in [1.82, 2.24) is 4.98 Å². The van der Waals surface area contributed by atoms with Crippen LogP contribution in [0.4, 0.5) is 5.69 Å². The zero-order chi connectivity index (χ0) is 19.1. The number of carbonyl (C=O) groups excluding carboxylic acids is 1. The van der Waals surface area contributed by atoms with Crippen molar-refractivity contribution in [2.45, 2.75) is 49.0 Å². The van der Waals surface area contributed by atoms with E-state index in [1.54, 1.807) is 6.20 Å². The van der Waals surface area contributed by atoms with Crippen molar-refractivity contribution in [3.05, 3.63) is 65.9 Å². The number of hydrogen-bond acceptors (Lipinski definition) is 2. The maximum absolute atomic E-state index is 10.5. The lowest BCUT2D eigenvalue weighted by molar-refractivity contribution is 0.112. The molecule has 27 heavy (non-hydrogen) atoms. The zero-order valence-corrected chi connectivity index (χ0v) is 17.0. The summed E-state index contributed by atoms with van der Waals surface area (Å²) in [6.45, 7) is 13.2. The van der Waals surface area contributed by atoms with Gasteiger partial charge in [-0.3, -0.25) is 4.79 Å². The topological polar surface area (TPSA) is 44.9 Å². The Morgan fingerprint density at radius 3 is 2.19 bits per heavy atom. The fourth-order valence-electron chi connectivity index (χ4n) is 2.15. The fourth-order valence-corrected chi connectivity index (χ4v) is 2.15. The van der Waals surface area contributed by atoms with Gasteiger partial charge in [0.05, 0.1) is 0 Å². The Morgan fingerprint density at radius 2 is 1.63 bits per heavy atom. The molecule has 0 saturated heterocycles. The molecule has 1 heterocycles. The van der Waals surface area contributed by atoms with E-state index in [4.69, 9.17) is 0 Å². The summed E-state index contributed by atoms with van der Waals surface area (Å²) >= 11 is 0. The van der Waals surface area contributed by atoms with Crippen molar-refractivity contribution in [1.29, 1.82) is 0 Å². The summed E-state index contributed by atoms with van der Waals surface area (Å²) < 4.78 is 0. The van der Waals surface area contributed by atoms with Gasteiger partial charge in [-0.05, 0) is 37.6 Å². The van der Waals surface area contributed by atoms with Crippen LogP contribution in [0.3, 0.4) is 0 Å². The largest absolute Gasteiger partial charge is 0.385 e. The van der Waals surface area contributed by atoms with Crippen LogP contribution in [0, 0.1) is 6.92 Å². The highest BCUT2D eigenvalue weighted by Gasteiger charge is 1.98. The Morgan fingerprint density at radius 1 is 1.00 bits per heavy atom. The van der Waals surface area contributed by atoms with Crippen LogP contribution >= 0.6 is 0 Å². The van der Waals surface area contributed by atoms with Crippen molar-refractivity contribution in [2.75, 3.05) is 11.9 Å². The molecule has 0 bridgehead atoms. The number of anilines is 1. The normalized spacial score (nSPS) is 8.07. The van der Waals surface area contributed by atoms with E-state index in [9.17, 15) is 4.79 Å². The monoisotopic (exact) mass is 367 g/mol. The predicted octanol–water partition coefficient (Wildman–Crippen LogP) is 6.71. The number of para-hydroxylation sites is 1. The number of aryl methyl sites for hydroxylation is 1. The lowest BCUT2D eigenvalue weighted by Gasteiger charge is -2.02. The highest BCUT2D eigenvalue weighted by atomic mass is 16.1. The van der Waals surface area contributed by atoms with Crippen LogP contribution in [0.5, 0.6) is 0 Å². The Labute approximate surface area is 168 Å². The molecule has 0 unspecified atom stereocenters. The van der Waals surface area contributed by atoms with Gasteiger partial charge in [-0.25, -0.2) is 0 Å². The molecule has 0 spiro atoms.